The Hall–Kier alpha value is -1.01. The van der Waals surface area contributed by atoms with Gasteiger partial charge in [0.05, 0.1) is 17.0 Å². The fourth-order valence-electron chi connectivity index (χ4n) is 2.43. The molecule has 17 heavy (non-hydrogen) atoms. The van der Waals surface area contributed by atoms with Gasteiger partial charge >= 0.3 is 0 Å². The maximum absolute atomic E-state index is 9.21. The Labute approximate surface area is 107 Å². The molecule has 2 rings (SSSR count). The van der Waals surface area contributed by atoms with Crippen molar-refractivity contribution in [1.82, 2.24) is 4.98 Å². The maximum atomic E-state index is 9.21. The van der Waals surface area contributed by atoms with Crippen LogP contribution in [-0.4, -0.2) is 10.2 Å². The molecule has 1 aromatic heterocycles. The van der Waals surface area contributed by atoms with Gasteiger partial charge in [-0.25, -0.2) is 4.98 Å². The summed E-state index contributed by atoms with van der Waals surface area (Å²) < 4.78 is 0. The summed E-state index contributed by atoms with van der Waals surface area (Å²) in [7, 11) is 0. The molecular formula is C14H18N2S. The van der Waals surface area contributed by atoms with E-state index >= 15 is 0 Å². The van der Waals surface area contributed by atoms with Gasteiger partial charge in [-0.05, 0) is 37.3 Å². The van der Waals surface area contributed by atoms with Gasteiger partial charge in [-0.2, -0.15) is 5.26 Å². The van der Waals surface area contributed by atoms with Crippen LogP contribution in [0.1, 0.15) is 32.6 Å². The Morgan fingerprint density at radius 3 is 3.00 bits per heavy atom. The molecule has 0 bridgehead atoms. The smallest absolute Gasteiger partial charge is 0.0962 e. The van der Waals surface area contributed by atoms with Crippen molar-refractivity contribution >= 4 is 11.8 Å². The van der Waals surface area contributed by atoms with E-state index in [2.05, 4.69) is 18.0 Å². The van der Waals surface area contributed by atoms with Gasteiger partial charge in [-0.15, -0.1) is 11.8 Å². The van der Waals surface area contributed by atoms with Crippen LogP contribution < -0.4 is 0 Å². The van der Waals surface area contributed by atoms with E-state index in [0.717, 1.165) is 23.8 Å². The maximum Gasteiger partial charge on any atom is 0.0962 e. The molecule has 1 saturated carbocycles. The second-order valence-corrected chi connectivity index (χ2v) is 5.91. The number of nitriles is 1. The third kappa shape index (κ3) is 3.23. The van der Waals surface area contributed by atoms with Gasteiger partial charge in [0, 0.05) is 11.4 Å². The van der Waals surface area contributed by atoms with Crippen molar-refractivity contribution in [2.24, 2.45) is 11.8 Å². The zero-order valence-corrected chi connectivity index (χ0v) is 11.0. The number of thioether (sulfide) groups is 1. The van der Waals surface area contributed by atoms with Gasteiger partial charge in [0.1, 0.15) is 0 Å². The van der Waals surface area contributed by atoms with E-state index in [0.29, 0.717) is 5.25 Å². The summed E-state index contributed by atoms with van der Waals surface area (Å²) in [6.07, 6.45) is 6.49. The molecule has 3 unspecified atom stereocenters. The highest BCUT2D eigenvalue weighted by Gasteiger charge is 2.30. The lowest BCUT2D eigenvalue weighted by Gasteiger charge is -2.31. The summed E-state index contributed by atoms with van der Waals surface area (Å²) in [6.45, 7) is 2.25. The molecule has 1 heterocycles. The highest BCUT2D eigenvalue weighted by atomic mass is 32.2. The lowest BCUT2D eigenvalue weighted by molar-refractivity contribution is 0.317. The number of rotatable bonds is 3. The van der Waals surface area contributed by atoms with E-state index in [-0.39, 0.29) is 5.92 Å². The standard InChI is InChI=1S/C14H18N2S/c1-2-11-6-7-12(10-15)13(9-11)17-14-5-3-4-8-16-14/h3-5,8,11-13H,2,6-7,9H2,1H3. The minimum Gasteiger partial charge on any atom is -0.250 e. The minimum atomic E-state index is 0.199. The molecule has 0 saturated heterocycles. The summed E-state index contributed by atoms with van der Waals surface area (Å²) >= 11 is 1.78. The quantitative estimate of drug-likeness (QED) is 0.811. The van der Waals surface area contributed by atoms with Gasteiger partial charge in [0.25, 0.3) is 0 Å². The number of pyridine rings is 1. The van der Waals surface area contributed by atoms with E-state index in [1.807, 2.05) is 24.4 Å². The van der Waals surface area contributed by atoms with Crippen molar-refractivity contribution < 1.29 is 0 Å². The highest BCUT2D eigenvalue weighted by molar-refractivity contribution is 7.99. The lowest BCUT2D eigenvalue weighted by Crippen LogP contribution is -2.26. The Morgan fingerprint density at radius 1 is 1.47 bits per heavy atom. The van der Waals surface area contributed by atoms with Crippen molar-refractivity contribution in [2.75, 3.05) is 0 Å². The topological polar surface area (TPSA) is 36.7 Å². The van der Waals surface area contributed by atoms with Crippen LogP contribution in [0.25, 0.3) is 0 Å². The van der Waals surface area contributed by atoms with Crippen LogP contribution in [0.5, 0.6) is 0 Å². The third-order valence-corrected chi connectivity index (χ3v) is 4.86. The van der Waals surface area contributed by atoms with Crippen molar-refractivity contribution in [3.8, 4) is 6.07 Å². The van der Waals surface area contributed by atoms with E-state index < -0.39 is 0 Å². The summed E-state index contributed by atoms with van der Waals surface area (Å²) in [6, 6.07) is 8.45. The Kier molecular flexibility index (Phi) is 4.44. The molecule has 90 valence electrons. The number of hydrogen-bond donors (Lipinski definition) is 0. The number of nitrogens with zero attached hydrogens (tertiary/aromatic N) is 2. The zero-order chi connectivity index (χ0) is 12.1. The molecule has 0 amide bonds. The molecule has 0 aromatic carbocycles. The molecule has 1 aromatic rings. The molecule has 0 spiro atoms. The van der Waals surface area contributed by atoms with E-state index in [9.17, 15) is 5.26 Å². The van der Waals surface area contributed by atoms with Crippen molar-refractivity contribution in [3.05, 3.63) is 24.4 Å². The normalized spacial score (nSPS) is 28.6. The van der Waals surface area contributed by atoms with Gasteiger partial charge < -0.3 is 0 Å². The average molecular weight is 246 g/mol. The van der Waals surface area contributed by atoms with Gasteiger partial charge in [0.2, 0.25) is 0 Å². The second-order valence-electron chi connectivity index (χ2n) is 4.65. The van der Waals surface area contributed by atoms with Gasteiger partial charge in [-0.1, -0.05) is 19.4 Å². The summed E-state index contributed by atoms with van der Waals surface area (Å²) in [5.41, 5.74) is 0. The van der Waals surface area contributed by atoms with Crippen LogP contribution >= 0.6 is 11.8 Å². The molecule has 2 nitrogen and oxygen atoms in total. The van der Waals surface area contributed by atoms with Crippen LogP contribution in [0.3, 0.4) is 0 Å². The first kappa shape index (κ1) is 12.4. The second kappa shape index (κ2) is 6.07. The van der Waals surface area contributed by atoms with Crippen LogP contribution in [0.2, 0.25) is 0 Å². The monoisotopic (exact) mass is 246 g/mol. The zero-order valence-electron chi connectivity index (χ0n) is 10.2. The predicted molar refractivity (Wildman–Crippen MR) is 70.6 cm³/mol. The predicted octanol–water partition coefficient (Wildman–Crippen LogP) is 3.89. The van der Waals surface area contributed by atoms with E-state index in [4.69, 9.17) is 0 Å². The fraction of sp³-hybridized carbons (Fsp3) is 0.571. The third-order valence-electron chi connectivity index (χ3n) is 3.55. The number of aromatic nitrogens is 1. The molecule has 0 radical (unpaired) electrons. The molecular weight excluding hydrogens is 228 g/mol. The first-order valence-corrected chi connectivity index (χ1v) is 7.18. The molecule has 3 atom stereocenters. The largest absolute Gasteiger partial charge is 0.250 e. The minimum absolute atomic E-state index is 0.199. The molecule has 1 fully saturated rings. The van der Waals surface area contributed by atoms with Crippen LogP contribution in [0, 0.1) is 23.2 Å². The lowest BCUT2D eigenvalue weighted by atomic mass is 9.81. The van der Waals surface area contributed by atoms with Gasteiger partial charge in [0.15, 0.2) is 0 Å². The molecule has 0 N–H and O–H groups in total. The molecule has 0 aliphatic heterocycles. The highest BCUT2D eigenvalue weighted by Crippen LogP contribution is 2.39. The van der Waals surface area contributed by atoms with Gasteiger partial charge in [-0.3, -0.25) is 0 Å². The first-order valence-electron chi connectivity index (χ1n) is 6.30. The Bertz CT molecular complexity index is 385. The summed E-state index contributed by atoms with van der Waals surface area (Å²) in [5.74, 6) is 0.991. The fourth-order valence-corrected chi connectivity index (χ4v) is 3.75. The van der Waals surface area contributed by atoms with E-state index in [1.165, 1.54) is 12.8 Å². The van der Waals surface area contributed by atoms with Crippen LogP contribution in [0.15, 0.2) is 29.4 Å². The van der Waals surface area contributed by atoms with Crippen LogP contribution in [0.4, 0.5) is 0 Å². The Morgan fingerprint density at radius 2 is 2.35 bits per heavy atom. The van der Waals surface area contributed by atoms with Crippen molar-refractivity contribution in [1.29, 1.82) is 5.26 Å². The van der Waals surface area contributed by atoms with Crippen molar-refractivity contribution in [2.45, 2.75) is 42.9 Å². The summed E-state index contributed by atoms with van der Waals surface area (Å²) in [4.78, 5) is 4.35. The van der Waals surface area contributed by atoms with Crippen molar-refractivity contribution in [3.63, 3.8) is 0 Å². The Balaban J connectivity index is 2.03. The molecule has 3 heteroatoms. The first-order chi connectivity index (χ1) is 8.33. The summed E-state index contributed by atoms with van der Waals surface area (Å²) in [5, 5.41) is 10.7. The average Bonchev–Trinajstić information content (AvgIpc) is 2.40. The number of hydrogen-bond acceptors (Lipinski definition) is 3. The SMILES string of the molecule is CCC1CCC(C#N)C(Sc2ccccn2)C1. The van der Waals surface area contributed by atoms with E-state index in [1.54, 1.807) is 11.8 Å². The molecule has 1 aliphatic carbocycles. The van der Waals surface area contributed by atoms with Crippen LogP contribution in [-0.2, 0) is 0 Å². The molecule has 1 aliphatic rings.